The van der Waals surface area contributed by atoms with Crippen LogP contribution in [-0.2, 0) is 0 Å². The Bertz CT molecular complexity index is 894. The molecular weight excluding hydrogens is 330 g/mol. The molecule has 0 spiro atoms. The Morgan fingerprint density at radius 1 is 0.808 bits per heavy atom. The topological polar surface area (TPSA) is 75.6 Å². The third-order valence-corrected chi connectivity index (χ3v) is 3.76. The highest BCUT2D eigenvalue weighted by molar-refractivity contribution is 5.94. The first-order valence-electron chi connectivity index (χ1n) is 8.05. The van der Waals surface area contributed by atoms with Crippen LogP contribution in [0, 0.1) is 0 Å². The minimum atomic E-state index is -1.10. The van der Waals surface area contributed by atoms with Gasteiger partial charge < -0.3 is 15.2 Å². The summed E-state index contributed by atoms with van der Waals surface area (Å²) in [7, 11) is 0. The number of carbonyl (C=O) groups excluding carboxylic acids is 1. The van der Waals surface area contributed by atoms with E-state index in [1.54, 1.807) is 54.6 Å². The molecule has 5 heteroatoms. The second-order valence-electron chi connectivity index (χ2n) is 5.55. The Morgan fingerprint density at radius 2 is 1.38 bits per heavy atom. The van der Waals surface area contributed by atoms with Gasteiger partial charge in [-0.3, -0.25) is 4.79 Å². The molecule has 0 fully saturated rings. The third-order valence-electron chi connectivity index (χ3n) is 3.76. The first kappa shape index (κ1) is 17.2. The van der Waals surface area contributed by atoms with E-state index in [4.69, 9.17) is 4.74 Å². The third kappa shape index (κ3) is 4.08. The molecule has 26 heavy (non-hydrogen) atoms. The summed E-state index contributed by atoms with van der Waals surface area (Å²) in [5.41, 5.74) is 1.22. The van der Waals surface area contributed by atoms with Crippen LogP contribution in [0.25, 0.3) is 0 Å². The van der Waals surface area contributed by atoms with Gasteiger partial charge in [-0.1, -0.05) is 60.7 Å². The number of para-hydroxylation sites is 1. The Balaban J connectivity index is 1.90. The fraction of sp³-hybridized carbons (Fsp3) is 0.0476. The molecule has 1 amide bonds. The van der Waals surface area contributed by atoms with Crippen molar-refractivity contribution in [1.29, 1.82) is 0 Å². The normalized spacial score (nSPS) is 11.4. The van der Waals surface area contributed by atoms with E-state index >= 15 is 0 Å². The number of carboxylic acids is 1. The highest BCUT2D eigenvalue weighted by atomic mass is 16.5. The standard InChI is InChI=1S/C21H17NO4/c23-19(15-9-3-1-4-10-15)22-20(16-11-5-2-6-12-16)26-18-14-8-7-13-17(18)21(24)25/h1-14,20H,(H,22,23)(H,24,25). The van der Waals surface area contributed by atoms with Crippen molar-refractivity contribution in [1.82, 2.24) is 5.32 Å². The molecule has 2 N–H and O–H groups in total. The molecule has 0 aliphatic heterocycles. The van der Waals surface area contributed by atoms with Crippen molar-refractivity contribution in [3.63, 3.8) is 0 Å². The predicted octanol–water partition coefficient (Wildman–Crippen LogP) is 3.89. The first-order valence-corrected chi connectivity index (χ1v) is 8.05. The molecule has 0 saturated heterocycles. The van der Waals surface area contributed by atoms with Crippen LogP contribution in [0.1, 0.15) is 32.5 Å². The molecule has 3 aromatic carbocycles. The molecule has 130 valence electrons. The number of nitrogens with one attached hydrogen (secondary N) is 1. The lowest BCUT2D eigenvalue weighted by atomic mass is 10.1. The summed E-state index contributed by atoms with van der Waals surface area (Å²) in [4.78, 5) is 23.9. The smallest absolute Gasteiger partial charge is 0.339 e. The van der Waals surface area contributed by atoms with Crippen molar-refractivity contribution in [2.24, 2.45) is 0 Å². The van der Waals surface area contributed by atoms with Gasteiger partial charge in [0.15, 0.2) is 6.23 Å². The van der Waals surface area contributed by atoms with Crippen LogP contribution < -0.4 is 10.1 Å². The minimum Gasteiger partial charge on any atom is -0.478 e. The number of amides is 1. The van der Waals surface area contributed by atoms with E-state index in [1.807, 2.05) is 24.3 Å². The first-order chi connectivity index (χ1) is 12.6. The van der Waals surface area contributed by atoms with Crippen LogP contribution in [0.3, 0.4) is 0 Å². The number of hydrogen-bond donors (Lipinski definition) is 2. The second-order valence-corrected chi connectivity index (χ2v) is 5.55. The van der Waals surface area contributed by atoms with Crippen molar-refractivity contribution < 1.29 is 19.4 Å². The van der Waals surface area contributed by atoms with E-state index < -0.39 is 12.2 Å². The molecule has 5 nitrogen and oxygen atoms in total. The van der Waals surface area contributed by atoms with Gasteiger partial charge in [0.05, 0.1) is 0 Å². The molecule has 0 heterocycles. The van der Waals surface area contributed by atoms with Gasteiger partial charge in [0.1, 0.15) is 11.3 Å². The summed E-state index contributed by atoms with van der Waals surface area (Å²) in [6.45, 7) is 0. The molecular formula is C21H17NO4. The van der Waals surface area contributed by atoms with Crippen LogP contribution in [0.5, 0.6) is 5.75 Å². The molecule has 0 bridgehead atoms. The number of rotatable bonds is 6. The lowest BCUT2D eigenvalue weighted by Gasteiger charge is -2.22. The zero-order valence-electron chi connectivity index (χ0n) is 13.8. The molecule has 3 rings (SSSR count). The van der Waals surface area contributed by atoms with Crippen molar-refractivity contribution in [3.05, 3.63) is 102 Å². The quantitative estimate of drug-likeness (QED) is 0.663. The summed E-state index contributed by atoms with van der Waals surface area (Å²) in [5.74, 6) is -1.23. The van der Waals surface area contributed by atoms with E-state index in [9.17, 15) is 14.7 Å². The van der Waals surface area contributed by atoms with Crippen LogP contribution in [0.15, 0.2) is 84.9 Å². The average molecular weight is 347 g/mol. The Labute approximate surface area is 150 Å². The molecule has 0 aliphatic carbocycles. The molecule has 3 aromatic rings. The molecule has 0 aliphatic rings. The molecule has 0 aromatic heterocycles. The fourth-order valence-electron chi connectivity index (χ4n) is 2.47. The maximum absolute atomic E-state index is 12.5. The van der Waals surface area contributed by atoms with Gasteiger partial charge >= 0.3 is 5.97 Å². The second kappa shape index (κ2) is 7.98. The van der Waals surface area contributed by atoms with Crippen molar-refractivity contribution in [3.8, 4) is 5.75 Å². The number of benzene rings is 3. The zero-order valence-corrected chi connectivity index (χ0v) is 13.8. The number of ether oxygens (including phenoxy) is 1. The van der Waals surface area contributed by atoms with E-state index in [1.165, 1.54) is 6.07 Å². The van der Waals surface area contributed by atoms with Gasteiger partial charge in [-0.15, -0.1) is 0 Å². The van der Waals surface area contributed by atoms with Crippen LogP contribution >= 0.6 is 0 Å². The summed E-state index contributed by atoms with van der Waals surface area (Å²) < 4.78 is 5.87. The Morgan fingerprint density at radius 3 is 2.04 bits per heavy atom. The van der Waals surface area contributed by atoms with Gasteiger partial charge in [0.2, 0.25) is 0 Å². The summed E-state index contributed by atoms with van der Waals surface area (Å²) in [6.07, 6.45) is -0.829. The molecule has 0 saturated carbocycles. The van der Waals surface area contributed by atoms with Crippen molar-refractivity contribution in [2.45, 2.75) is 6.23 Å². The zero-order chi connectivity index (χ0) is 18.4. The largest absolute Gasteiger partial charge is 0.478 e. The van der Waals surface area contributed by atoms with E-state index in [0.29, 0.717) is 11.1 Å². The van der Waals surface area contributed by atoms with Crippen molar-refractivity contribution >= 4 is 11.9 Å². The molecule has 0 radical (unpaired) electrons. The average Bonchev–Trinajstić information content (AvgIpc) is 2.69. The van der Waals surface area contributed by atoms with Gasteiger partial charge in [-0.25, -0.2) is 4.79 Å². The lowest BCUT2D eigenvalue weighted by molar-refractivity contribution is 0.0684. The number of aromatic carboxylic acids is 1. The fourth-order valence-corrected chi connectivity index (χ4v) is 2.47. The van der Waals surface area contributed by atoms with Crippen LogP contribution in [0.2, 0.25) is 0 Å². The van der Waals surface area contributed by atoms with E-state index in [2.05, 4.69) is 5.32 Å². The maximum Gasteiger partial charge on any atom is 0.339 e. The number of carboxylic acid groups (broad SMARTS) is 1. The number of hydrogen-bond acceptors (Lipinski definition) is 3. The highest BCUT2D eigenvalue weighted by Gasteiger charge is 2.20. The van der Waals surface area contributed by atoms with E-state index in [0.717, 1.165) is 0 Å². The highest BCUT2D eigenvalue weighted by Crippen LogP contribution is 2.24. The van der Waals surface area contributed by atoms with Gasteiger partial charge in [0, 0.05) is 11.1 Å². The minimum absolute atomic E-state index is 0.0300. The van der Waals surface area contributed by atoms with E-state index in [-0.39, 0.29) is 17.2 Å². The Hall–Kier alpha value is -3.60. The summed E-state index contributed by atoms with van der Waals surface area (Å²) in [5, 5.41) is 12.2. The predicted molar refractivity (Wildman–Crippen MR) is 97.1 cm³/mol. The van der Waals surface area contributed by atoms with Gasteiger partial charge in [-0.05, 0) is 24.3 Å². The van der Waals surface area contributed by atoms with Crippen LogP contribution in [-0.4, -0.2) is 17.0 Å². The molecule has 1 unspecified atom stereocenters. The maximum atomic E-state index is 12.5. The monoisotopic (exact) mass is 347 g/mol. The SMILES string of the molecule is O=C(NC(Oc1ccccc1C(=O)O)c1ccccc1)c1ccccc1. The van der Waals surface area contributed by atoms with Crippen molar-refractivity contribution in [2.75, 3.05) is 0 Å². The van der Waals surface area contributed by atoms with Gasteiger partial charge in [0.25, 0.3) is 5.91 Å². The van der Waals surface area contributed by atoms with Gasteiger partial charge in [-0.2, -0.15) is 0 Å². The lowest BCUT2D eigenvalue weighted by Crippen LogP contribution is -2.32. The Kier molecular flexibility index (Phi) is 5.29. The summed E-state index contributed by atoms with van der Waals surface area (Å²) in [6, 6.07) is 24.2. The summed E-state index contributed by atoms with van der Waals surface area (Å²) >= 11 is 0. The van der Waals surface area contributed by atoms with Crippen LogP contribution in [0.4, 0.5) is 0 Å². The molecule has 1 atom stereocenters. The number of carbonyl (C=O) groups is 2.